The van der Waals surface area contributed by atoms with Crippen LogP contribution in [0.4, 0.5) is 10.1 Å². The Morgan fingerprint density at radius 3 is 2.72 bits per heavy atom. The number of rotatable bonds is 2. The van der Waals surface area contributed by atoms with Crippen LogP contribution in [0.5, 0.6) is 0 Å². The first-order valence-electron chi connectivity index (χ1n) is 6.73. The van der Waals surface area contributed by atoms with Gasteiger partial charge in [-0.05, 0) is 37.1 Å². The second kappa shape index (κ2) is 4.23. The van der Waals surface area contributed by atoms with Crippen LogP contribution in [0.2, 0.25) is 0 Å². The minimum absolute atomic E-state index is 0.152. The van der Waals surface area contributed by atoms with Crippen LogP contribution in [0.1, 0.15) is 26.7 Å². The van der Waals surface area contributed by atoms with E-state index in [9.17, 15) is 4.39 Å². The van der Waals surface area contributed by atoms with Crippen LogP contribution < -0.4 is 5.32 Å². The topological polar surface area (TPSA) is 21.3 Å². The first-order valence-corrected chi connectivity index (χ1v) is 6.73. The number of fused-ring (bicyclic) bond motifs is 1. The Balaban J connectivity index is 1.74. The molecule has 0 aromatic heterocycles. The molecular weight excluding hydrogens is 229 g/mol. The van der Waals surface area contributed by atoms with Gasteiger partial charge in [-0.2, -0.15) is 0 Å². The first-order chi connectivity index (χ1) is 8.59. The maximum atomic E-state index is 12.9. The molecule has 98 valence electrons. The summed E-state index contributed by atoms with van der Waals surface area (Å²) in [6.45, 7) is 5.40. The van der Waals surface area contributed by atoms with E-state index >= 15 is 0 Å². The van der Waals surface area contributed by atoms with E-state index in [0.29, 0.717) is 18.1 Å². The summed E-state index contributed by atoms with van der Waals surface area (Å²) in [5.41, 5.74) is 1.15. The van der Waals surface area contributed by atoms with Crippen molar-refractivity contribution in [2.45, 2.75) is 38.8 Å². The molecule has 3 atom stereocenters. The summed E-state index contributed by atoms with van der Waals surface area (Å²) in [6, 6.07) is 7.05. The van der Waals surface area contributed by atoms with Crippen molar-refractivity contribution in [3.8, 4) is 0 Å². The third-order valence-corrected chi connectivity index (χ3v) is 4.50. The molecule has 0 radical (unpaired) electrons. The van der Waals surface area contributed by atoms with Gasteiger partial charge in [0.2, 0.25) is 0 Å². The molecule has 0 bridgehead atoms. The number of hydrogen-bond donors (Lipinski definition) is 1. The standard InChI is InChI=1S/C15H20FNO/c1-15(2)13(12-4-3-9-18-14(12)15)17-11-7-5-10(16)6-8-11/h5-8,12-14,17H,3-4,9H2,1-2H3. The molecule has 1 aliphatic carbocycles. The molecule has 1 aromatic carbocycles. The van der Waals surface area contributed by atoms with Crippen LogP contribution in [0.25, 0.3) is 0 Å². The predicted octanol–water partition coefficient (Wildman–Crippen LogP) is 3.44. The van der Waals surface area contributed by atoms with Crippen molar-refractivity contribution in [2.75, 3.05) is 11.9 Å². The lowest BCUT2D eigenvalue weighted by atomic mass is 9.55. The normalized spacial score (nSPS) is 33.4. The van der Waals surface area contributed by atoms with Gasteiger partial charge in [0.05, 0.1) is 6.10 Å². The van der Waals surface area contributed by atoms with E-state index in [0.717, 1.165) is 18.7 Å². The molecular formula is C15H20FNO. The van der Waals surface area contributed by atoms with Crippen LogP contribution in [0, 0.1) is 17.2 Å². The van der Waals surface area contributed by atoms with Crippen LogP contribution in [0.15, 0.2) is 24.3 Å². The smallest absolute Gasteiger partial charge is 0.123 e. The second-order valence-electron chi connectivity index (χ2n) is 6.05. The molecule has 0 spiro atoms. The Kier molecular flexibility index (Phi) is 2.81. The van der Waals surface area contributed by atoms with E-state index in [1.54, 1.807) is 0 Å². The van der Waals surface area contributed by atoms with Gasteiger partial charge in [0.25, 0.3) is 0 Å². The summed E-state index contributed by atoms with van der Waals surface area (Å²) in [4.78, 5) is 0. The fourth-order valence-corrected chi connectivity index (χ4v) is 3.54. The van der Waals surface area contributed by atoms with Crippen molar-refractivity contribution < 1.29 is 9.13 Å². The van der Waals surface area contributed by atoms with Crippen molar-refractivity contribution in [2.24, 2.45) is 11.3 Å². The fraction of sp³-hybridized carbons (Fsp3) is 0.600. The third-order valence-electron chi connectivity index (χ3n) is 4.50. The molecule has 1 saturated heterocycles. The zero-order valence-electron chi connectivity index (χ0n) is 10.9. The zero-order chi connectivity index (χ0) is 12.8. The lowest BCUT2D eigenvalue weighted by Crippen LogP contribution is -2.67. The van der Waals surface area contributed by atoms with Gasteiger partial charge in [0.1, 0.15) is 5.82 Å². The number of halogens is 1. The van der Waals surface area contributed by atoms with E-state index < -0.39 is 0 Å². The molecule has 1 N–H and O–H groups in total. The maximum Gasteiger partial charge on any atom is 0.123 e. The molecule has 3 heteroatoms. The third kappa shape index (κ3) is 1.81. The summed E-state index contributed by atoms with van der Waals surface area (Å²) in [6.07, 6.45) is 2.76. The van der Waals surface area contributed by atoms with Gasteiger partial charge < -0.3 is 10.1 Å². The highest BCUT2D eigenvalue weighted by atomic mass is 19.1. The average molecular weight is 249 g/mol. The number of nitrogens with one attached hydrogen (secondary N) is 1. The quantitative estimate of drug-likeness (QED) is 0.867. The van der Waals surface area contributed by atoms with Crippen LogP contribution in [-0.4, -0.2) is 18.8 Å². The predicted molar refractivity (Wildman–Crippen MR) is 70.1 cm³/mol. The van der Waals surface area contributed by atoms with Gasteiger partial charge >= 0.3 is 0 Å². The second-order valence-corrected chi connectivity index (χ2v) is 6.05. The molecule has 0 amide bonds. The van der Waals surface area contributed by atoms with Crippen molar-refractivity contribution in [1.29, 1.82) is 0 Å². The Morgan fingerprint density at radius 2 is 2.00 bits per heavy atom. The van der Waals surface area contributed by atoms with Gasteiger partial charge in [0.15, 0.2) is 0 Å². The first kappa shape index (κ1) is 12.0. The number of ether oxygens (including phenoxy) is 1. The SMILES string of the molecule is CC1(C)C(Nc2ccc(F)cc2)C2CCCOC21. The fourth-order valence-electron chi connectivity index (χ4n) is 3.54. The van der Waals surface area contributed by atoms with Gasteiger partial charge in [-0.25, -0.2) is 4.39 Å². The monoisotopic (exact) mass is 249 g/mol. The highest BCUT2D eigenvalue weighted by Gasteiger charge is 2.57. The van der Waals surface area contributed by atoms with E-state index in [4.69, 9.17) is 4.74 Å². The van der Waals surface area contributed by atoms with Crippen molar-refractivity contribution in [3.05, 3.63) is 30.1 Å². The van der Waals surface area contributed by atoms with Gasteiger partial charge in [-0.3, -0.25) is 0 Å². The van der Waals surface area contributed by atoms with Gasteiger partial charge in [0, 0.05) is 29.7 Å². The molecule has 1 heterocycles. The summed E-state index contributed by atoms with van der Waals surface area (Å²) in [5.74, 6) is 0.408. The Labute approximate surface area is 108 Å². The van der Waals surface area contributed by atoms with Gasteiger partial charge in [-0.1, -0.05) is 13.8 Å². The maximum absolute atomic E-state index is 12.9. The van der Waals surface area contributed by atoms with Crippen molar-refractivity contribution in [1.82, 2.24) is 0 Å². The molecule has 1 aliphatic heterocycles. The molecule has 2 aliphatic rings. The number of hydrogen-bond acceptors (Lipinski definition) is 2. The molecule has 3 rings (SSSR count). The summed E-state index contributed by atoms with van der Waals surface area (Å²) in [7, 11) is 0. The molecule has 1 saturated carbocycles. The average Bonchev–Trinajstić information content (AvgIpc) is 2.38. The van der Waals surface area contributed by atoms with Crippen LogP contribution in [0.3, 0.4) is 0 Å². The van der Waals surface area contributed by atoms with Gasteiger partial charge in [-0.15, -0.1) is 0 Å². The van der Waals surface area contributed by atoms with Crippen molar-refractivity contribution in [3.63, 3.8) is 0 Å². The number of benzene rings is 1. The Bertz CT molecular complexity index is 429. The molecule has 2 nitrogen and oxygen atoms in total. The highest BCUT2D eigenvalue weighted by molar-refractivity contribution is 5.45. The minimum Gasteiger partial charge on any atom is -0.381 e. The van der Waals surface area contributed by atoms with Crippen molar-refractivity contribution >= 4 is 5.69 Å². The highest BCUT2D eigenvalue weighted by Crippen LogP contribution is 2.52. The minimum atomic E-state index is -0.188. The van der Waals surface area contributed by atoms with E-state index in [1.807, 2.05) is 12.1 Å². The largest absolute Gasteiger partial charge is 0.381 e. The summed E-state index contributed by atoms with van der Waals surface area (Å²) in [5, 5.41) is 3.55. The zero-order valence-corrected chi connectivity index (χ0v) is 10.9. The summed E-state index contributed by atoms with van der Waals surface area (Å²) >= 11 is 0. The molecule has 18 heavy (non-hydrogen) atoms. The number of anilines is 1. The van der Waals surface area contributed by atoms with E-state index in [2.05, 4.69) is 19.2 Å². The molecule has 1 aromatic rings. The summed E-state index contributed by atoms with van der Waals surface area (Å²) < 4.78 is 18.8. The van der Waals surface area contributed by atoms with Crippen LogP contribution >= 0.6 is 0 Å². The molecule has 2 fully saturated rings. The Hall–Kier alpha value is -1.09. The van der Waals surface area contributed by atoms with Crippen LogP contribution in [-0.2, 0) is 4.74 Å². The molecule has 3 unspecified atom stereocenters. The van der Waals surface area contributed by atoms with E-state index in [-0.39, 0.29) is 11.2 Å². The lowest BCUT2D eigenvalue weighted by Gasteiger charge is -2.60. The Morgan fingerprint density at radius 1 is 1.28 bits per heavy atom. The van der Waals surface area contributed by atoms with E-state index in [1.165, 1.54) is 18.6 Å². The lowest BCUT2D eigenvalue weighted by molar-refractivity contribution is -0.177.